The summed E-state index contributed by atoms with van der Waals surface area (Å²) in [6, 6.07) is 5.97. The van der Waals surface area contributed by atoms with Gasteiger partial charge in [0.25, 0.3) is 0 Å². The van der Waals surface area contributed by atoms with Crippen LogP contribution in [-0.4, -0.2) is 38.8 Å². The third kappa shape index (κ3) is 6.64. The molecule has 0 radical (unpaired) electrons. The van der Waals surface area contributed by atoms with Crippen molar-refractivity contribution in [2.75, 3.05) is 27.8 Å². The number of thiazole rings is 1. The molecule has 2 rings (SSSR count). The van der Waals surface area contributed by atoms with Crippen molar-refractivity contribution >= 4 is 41.3 Å². The van der Waals surface area contributed by atoms with E-state index in [1.165, 1.54) is 5.56 Å². The second kappa shape index (κ2) is 11.9. The van der Waals surface area contributed by atoms with Gasteiger partial charge in [0, 0.05) is 19.0 Å². The van der Waals surface area contributed by atoms with Crippen LogP contribution in [0.2, 0.25) is 0 Å². The van der Waals surface area contributed by atoms with Crippen LogP contribution in [0.5, 0.6) is 11.5 Å². The van der Waals surface area contributed by atoms with Crippen LogP contribution in [0.4, 0.5) is 0 Å². The van der Waals surface area contributed by atoms with Gasteiger partial charge < -0.3 is 20.1 Å². The predicted molar refractivity (Wildman–Crippen MR) is 118 cm³/mol. The van der Waals surface area contributed by atoms with Crippen molar-refractivity contribution < 1.29 is 9.47 Å². The maximum absolute atomic E-state index is 5.34. The molecule has 2 N–H and O–H groups in total. The number of guanidine groups is 1. The topological polar surface area (TPSA) is 67.8 Å². The van der Waals surface area contributed by atoms with Gasteiger partial charge in [-0.1, -0.05) is 13.0 Å². The number of aryl methyl sites for hydroxylation is 1. The first kappa shape index (κ1) is 22.5. The Morgan fingerprint density at radius 3 is 2.58 bits per heavy atom. The van der Waals surface area contributed by atoms with Crippen molar-refractivity contribution in [3.63, 3.8) is 0 Å². The van der Waals surface area contributed by atoms with E-state index in [-0.39, 0.29) is 24.0 Å². The number of methoxy groups -OCH3 is 2. The van der Waals surface area contributed by atoms with Crippen molar-refractivity contribution in [2.45, 2.75) is 26.3 Å². The van der Waals surface area contributed by atoms with Crippen molar-refractivity contribution in [1.82, 2.24) is 15.6 Å². The number of nitrogens with one attached hydrogen (secondary N) is 2. The number of hydrogen-bond acceptors (Lipinski definition) is 5. The molecule has 0 aliphatic heterocycles. The zero-order valence-corrected chi connectivity index (χ0v) is 18.8. The van der Waals surface area contributed by atoms with E-state index >= 15 is 0 Å². The minimum atomic E-state index is 0. The van der Waals surface area contributed by atoms with Gasteiger partial charge >= 0.3 is 0 Å². The van der Waals surface area contributed by atoms with E-state index in [9.17, 15) is 0 Å². The van der Waals surface area contributed by atoms with Crippen molar-refractivity contribution in [3.8, 4) is 11.5 Å². The third-order valence-corrected chi connectivity index (χ3v) is 4.76. The first-order valence-electron chi connectivity index (χ1n) is 8.28. The van der Waals surface area contributed by atoms with Crippen LogP contribution >= 0.6 is 35.3 Å². The van der Waals surface area contributed by atoms with E-state index in [1.54, 1.807) is 32.6 Å². The highest BCUT2D eigenvalue weighted by atomic mass is 127. The van der Waals surface area contributed by atoms with Gasteiger partial charge in [0.05, 0.1) is 31.5 Å². The van der Waals surface area contributed by atoms with Crippen LogP contribution in [0.25, 0.3) is 0 Å². The standard InChI is InChI=1S/C18H26N4O2S.HI/c1-5-17-22-14(12-25-17)11-21-18(19-2)20-9-8-13-6-7-15(23-3)16(10-13)24-4;/h6-7,10,12H,5,8-9,11H2,1-4H3,(H2,19,20,21);1H. The van der Waals surface area contributed by atoms with E-state index in [2.05, 4.69) is 32.9 Å². The van der Waals surface area contributed by atoms with E-state index in [4.69, 9.17) is 9.47 Å². The Labute approximate surface area is 176 Å². The molecule has 0 aliphatic rings. The molecular formula is C18H27IN4O2S. The Hall–Kier alpha value is -1.55. The van der Waals surface area contributed by atoms with E-state index < -0.39 is 0 Å². The van der Waals surface area contributed by atoms with Gasteiger partial charge in [-0.15, -0.1) is 35.3 Å². The maximum Gasteiger partial charge on any atom is 0.191 e. The first-order chi connectivity index (χ1) is 12.2. The summed E-state index contributed by atoms with van der Waals surface area (Å²) in [5.41, 5.74) is 2.22. The lowest BCUT2D eigenvalue weighted by Crippen LogP contribution is -2.37. The minimum Gasteiger partial charge on any atom is -0.493 e. The Balaban J connectivity index is 0.00000338. The van der Waals surface area contributed by atoms with Crippen molar-refractivity contribution in [2.24, 2.45) is 4.99 Å². The molecule has 0 aliphatic carbocycles. The van der Waals surface area contributed by atoms with Gasteiger partial charge in [-0.2, -0.15) is 0 Å². The van der Waals surface area contributed by atoms with Crippen LogP contribution in [0.3, 0.4) is 0 Å². The summed E-state index contributed by atoms with van der Waals surface area (Å²) < 4.78 is 10.6. The highest BCUT2D eigenvalue weighted by molar-refractivity contribution is 14.0. The lowest BCUT2D eigenvalue weighted by Gasteiger charge is -2.12. The van der Waals surface area contributed by atoms with Gasteiger partial charge in [-0.05, 0) is 30.5 Å². The minimum absolute atomic E-state index is 0. The SMILES string of the molecule is CCc1nc(CNC(=NC)NCCc2ccc(OC)c(OC)c2)cs1.I. The summed E-state index contributed by atoms with van der Waals surface area (Å²) in [6.45, 7) is 3.56. The van der Waals surface area contributed by atoms with Crippen molar-refractivity contribution in [3.05, 3.63) is 39.8 Å². The number of aliphatic imine (C=N–C) groups is 1. The summed E-state index contributed by atoms with van der Waals surface area (Å²) in [7, 11) is 5.05. The second-order valence-electron chi connectivity index (χ2n) is 5.38. The number of aromatic nitrogens is 1. The van der Waals surface area contributed by atoms with Crippen LogP contribution < -0.4 is 20.1 Å². The van der Waals surface area contributed by atoms with Crippen LogP contribution in [0, 0.1) is 0 Å². The molecule has 0 saturated heterocycles. The van der Waals surface area contributed by atoms with Crippen LogP contribution in [0.15, 0.2) is 28.6 Å². The smallest absolute Gasteiger partial charge is 0.191 e. The fourth-order valence-electron chi connectivity index (χ4n) is 2.35. The Morgan fingerprint density at radius 1 is 1.19 bits per heavy atom. The number of halogens is 1. The second-order valence-corrected chi connectivity index (χ2v) is 6.32. The zero-order chi connectivity index (χ0) is 18.1. The molecule has 0 atom stereocenters. The highest BCUT2D eigenvalue weighted by Gasteiger charge is 2.05. The Morgan fingerprint density at radius 2 is 1.96 bits per heavy atom. The quantitative estimate of drug-likeness (QED) is 0.338. The molecule has 1 aromatic heterocycles. The van der Waals surface area contributed by atoms with Gasteiger partial charge in [0.15, 0.2) is 17.5 Å². The van der Waals surface area contributed by atoms with E-state index in [1.807, 2.05) is 18.2 Å². The highest BCUT2D eigenvalue weighted by Crippen LogP contribution is 2.27. The largest absolute Gasteiger partial charge is 0.493 e. The molecule has 1 aromatic carbocycles. The number of nitrogens with zero attached hydrogens (tertiary/aromatic N) is 2. The average Bonchev–Trinajstić information content (AvgIpc) is 3.12. The fraction of sp³-hybridized carbons (Fsp3) is 0.444. The molecular weight excluding hydrogens is 463 g/mol. The van der Waals surface area contributed by atoms with Crippen molar-refractivity contribution in [1.29, 1.82) is 0 Å². The molecule has 8 heteroatoms. The number of rotatable bonds is 8. The summed E-state index contributed by atoms with van der Waals surface area (Å²) in [5.74, 6) is 2.26. The van der Waals surface area contributed by atoms with Crippen LogP contribution in [-0.2, 0) is 19.4 Å². The molecule has 26 heavy (non-hydrogen) atoms. The number of hydrogen-bond donors (Lipinski definition) is 2. The molecule has 0 saturated carbocycles. The van der Waals surface area contributed by atoms with Gasteiger partial charge in [0.1, 0.15) is 0 Å². The molecule has 1 heterocycles. The van der Waals surface area contributed by atoms with Gasteiger partial charge in [-0.25, -0.2) is 4.98 Å². The van der Waals surface area contributed by atoms with E-state index in [0.29, 0.717) is 6.54 Å². The zero-order valence-electron chi connectivity index (χ0n) is 15.7. The fourth-order valence-corrected chi connectivity index (χ4v) is 3.09. The summed E-state index contributed by atoms with van der Waals surface area (Å²) >= 11 is 1.70. The lowest BCUT2D eigenvalue weighted by molar-refractivity contribution is 0.354. The van der Waals surface area contributed by atoms with Gasteiger partial charge in [0.2, 0.25) is 0 Å². The molecule has 2 aromatic rings. The summed E-state index contributed by atoms with van der Waals surface area (Å²) in [4.78, 5) is 8.79. The molecule has 0 unspecified atom stereocenters. The summed E-state index contributed by atoms with van der Waals surface area (Å²) in [6.07, 6.45) is 1.83. The monoisotopic (exact) mass is 490 g/mol. The first-order valence-corrected chi connectivity index (χ1v) is 9.16. The maximum atomic E-state index is 5.34. The Bertz CT molecular complexity index is 706. The average molecular weight is 490 g/mol. The molecule has 0 amide bonds. The van der Waals surface area contributed by atoms with Gasteiger partial charge in [-0.3, -0.25) is 4.99 Å². The molecule has 144 valence electrons. The third-order valence-electron chi connectivity index (χ3n) is 3.72. The van der Waals surface area contributed by atoms with E-state index in [0.717, 1.165) is 47.5 Å². The molecule has 0 fully saturated rings. The number of ether oxygens (including phenoxy) is 2. The molecule has 0 bridgehead atoms. The molecule has 0 spiro atoms. The predicted octanol–water partition coefficient (Wildman–Crippen LogP) is 3.25. The summed E-state index contributed by atoms with van der Waals surface area (Å²) in [5, 5.41) is 9.85. The lowest BCUT2D eigenvalue weighted by atomic mass is 10.1. The Kier molecular flexibility index (Phi) is 10.3. The van der Waals surface area contributed by atoms with Crippen LogP contribution in [0.1, 0.15) is 23.2 Å². The normalized spacial score (nSPS) is 10.8. The number of benzene rings is 1. The molecule has 6 nitrogen and oxygen atoms in total.